The highest BCUT2D eigenvalue weighted by Crippen LogP contribution is 2.14. The van der Waals surface area contributed by atoms with Gasteiger partial charge in [0.1, 0.15) is 0 Å². The number of nitrogen functional groups attached to an aromatic ring is 1. The van der Waals surface area contributed by atoms with Gasteiger partial charge in [-0.15, -0.1) is 0 Å². The van der Waals surface area contributed by atoms with Gasteiger partial charge >= 0.3 is 0 Å². The molecule has 0 atom stereocenters. The van der Waals surface area contributed by atoms with E-state index in [9.17, 15) is 8.42 Å². The van der Waals surface area contributed by atoms with Gasteiger partial charge in [0, 0.05) is 18.8 Å². The van der Waals surface area contributed by atoms with Crippen LogP contribution in [-0.2, 0) is 16.4 Å². The summed E-state index contributed by atoms with van der Waals surface area (Å²) in [4.78, 5) is 0. The number of sulfonamides is 1. The van der Waals surface area contributed by atoms with Crippen LogP contribution in [0.15, 0.2) is 24.3 Å². The fraction of sp³-hybridized carbons (Fsp3) is 0.455. The minimum Gasteiger partial charge on any atom is -0.399 e. The lowest BCUT2D eigenvalue weighted by molar-refractivity contribution is 0.447. The zero-order valence-electron chi connectivity index (χ0n) is 9.09. The lowest BCUT2D eigenvalue weighted by Crippen LogP contribution is -2.27. The Morgan fingerprint density at radius 2 is 1.94 bits per heavy atom. The first-order valence-electron chi connectivity index (χ1n) is 5.40. The van der Waals surface area contributed by atoms with Gasteiger partial charge in [-0.25, -0.2) is 12.7 Å². The van der Waals surface area contributed by atoms with Gasteiger partial charge in [0.15, 0.2) is 0 Å². The van der Waals surface area contributed by atoms with Crippen molar-refractivity contribution in [2.45, 2.75) is 12.8 Å². The molecule has 0 spiro atoms. The highest BCUT2D eigenvalue weighted by atomic mass is 32.2. The zero-order chi connectivity index (χ0) is 11.6. The van der Waals surface area contributed by atoms with Gasteiger partial charge in [-0.05, 0) is 30.5 Å². The Morgan fingerprint density at radius 3 is 2.50 bits per heavy atom. The molecule has 1 fully saturated rings. The lowest BCUT2D eigenvalue weighted by atomic mass is 10.1. The predicted octanol–water partition coefficient (Wildman–Crippen LogP) is 0.847. The summed E-state index contributed by atoms with van der Waals surface area (Å²) >= 11 is 0. The summed E-state index contributed by atoms with van der Waals surface area (Å²) in [6.45, 7) is 1.24. The van der Waals surface area contributed by atoms with Crippen molar-refractivity contribution >= 4 is 15.7 Å². The van der Waals surface area contributed by atoms with E-state index in [4.69, 9.17) is 5.73 Å². The molecule has 5 heteroatoms. The van der Waals surface area contributed by atoms with Crippen LogP contribution in [0.4, 0.5) is 5.69 Å². The Kier molecular flexibility index (Phi) is 3.16. The summed E-state index contributed by atoms with van der Waals surface area (Å²) in [7, 11) is -2.96. The largest absolute Gasteiger partial charge is 0.399 e. The number of rotatable bonds is 3. The van der Waals surface area contributed by atoms with Gasteiger partial charge in [-0.1, -0.05) is 12.1 Å². The van der Waals surface area contributed by atoms with Gasteiger partial charge in [0.2, 0.25) is 10.0 Å². The third-order valence-corrected chi connectivity index (χ3v) is 4.79. The first-order chi connectivity index (χ1) is 7.58. The monoisotopic (exact) mass is 240 g/mol. The standard InChI is InChI=1S/C11H16N2O2S/c12-11-4-2-10(3-5-11)6-8-13-7-1-9-16(13,14)15/h2-5H,1,6-9,12H2. The van der Waals surface area contributed by atoms with Gasteiger partial charge in [-0.2, -0.15) is 0 Å². The van der Waals surface area contributed by atoms with Crippen molar-refractivity contribution in [1.29, 1.82) is 0 Å². The highest BCUT2D eigenvalue weighted by Gasteiger charge is 2.27. The van der Waals surface area contributed by atoms with Crippen LogP contribution < -0.4 is 5.73 Å². The second kappa shape index (κ2) is 4.43. The molecule has 88 valence electrons. The fourth-order valence-corrected chi connectivity index (χ4v) is 3.41. The molecule has 1 heterocycles. The van der Waals surface area contributed by atoms with Crippen molar-refractivity contribution in [3.8, 4) is 0 Å². The number of hydrogen-bond donors (Lipinski definition) is 1. The van der Waals surface area contributed by atoms with Crippen LogP contribution in [0.3, 0.4) is 0 Å². The number of nitrogens with zero attached hydrogens (tertiary/aromatic N) is 1. The molecule has 2 rings (SSSR count). The van der Waals surface area contributed by atoms with E-state index < -0.39 is 10.0 Å². The van der Waals surface area contributed by atoms with E-state index in [1.165, 1.54) is 0 Å². The molecule has 0 aliphatic carbocycles. The maximum atomic E-state index is 11.5. The summed E-state index contributed by atoms with van der Waals surface area (Å²) < 4.78 is 24.7. The molecular weight excluding hydrogens is 224 g/mol. The Balaban J connectivity index is 1.95. The topological polar surface area (TPSA) is 63.4 Å². The molecule has 0 saturated carbocycles. The highest BCUT2D eigenvalue weighted by molar-refractivity contribution is 7.89. The zero-order valence-corrected chi connectivity index (χ0v) is 9.91. The SMILES string of the molecule is Nc1ccc(CCN2CCCS2(=O)=O)cc1. The van der Waals surface area contributed by atoms with E-state index >= 15 is 0 Å². The van der Waals surface area contributed by atoms with Crippen LogP contribution >= 0.6 is 0 Å². The molecule has 0 unspecified atom stereocenters. The Labute approximate surface area is 96.1 Å². The minimum absolute atomic E-state index is 0.300. The van der Waals surface area contributed by atoms with Crippen LogP contribution in [0.2, 0.25) is 0 Å². The molecule has 1 aliphatic heterocycles. The van der Waals surface area contributed by atoms with Gasteiger partial charge in [0.25, 0.3) is 0 Å². The third kappa shape index (κ3) is 2.54. The number of benzene rings is 1. The van der Waals surface area contributed by atoms with Gasteiger partial charge in [0.05, 0.1) is 5.75 Å². The van der Waals surface area contributed by atoms with E-state index in [-0.39, 0.29) is 0 Å². The van der Waals surface area contributed by atoms with E-state index in [0.717, 1.165) is 24.1 Å². The van der Waals surface area contributed by atoms with Gasteiger partial charge < -0.3 is 5.73 Å². The third-order valence-electron chi connectivity index (χ3n) is 2.83. The Hall–Kier alpha value is -1.07. The minimum atomic E-state index is -2.96. The van der Waals surface area contributed by atoms with E-state index in [1.807, 2.05) is 24.3 Å². The van der Waals surface area contributed by atoms with E-state index in [2.05, 4.69) is 0 Å². The second-order valence-electron chi connectivity index (χ2n) is 4.06. The first-order valence-corrected chi connectivity index (χ1v) is 7.01. The van der Waals surface area contributed by atoms with Crippen molar-refractivity contribution < 1.29 is 8.42 Å². The average Bonchev–Trinajstić information content (AvgIpc) is 2.57. The predicted molar refractivity (Wildman–Crippen MR) is 64.5 cm³/mol. The van der Waals surface area contributed by atoms with Crippen LogP contribution in [-0.4, -0.2) is 31.6 Å². The lowest BCUT2D eigenvalue weighted by Gasteiger charge is -2.13. The summed E-state index contributed by atoms with van der Waals surface area (Å²) in [5.41, 5.74) is 7.44. The van der Waals surface area contributed by atoms with Crippen LogP contribution in [0.5, 0.6) is 0 Å². The van der Waals surface area contributed by atoms with Crippen LogP contribution in [0.1, 0.15) is 12.0 Å². The smallest absolute Gasteiger partial charge is 0.214 e. The molecule has 2 N–H and O–H groups in total. The Bertz CT molecular complexity index is 453. The molecule has 0 bridgehead atoms. The number of hydrogen-bond acceptors (Lipinski definition) is 3. The van der Waals surface area contributed by atoms with Crippen molar-refractivity contribution in [1.82, 2.24) is 4.31 Å². The van der Waals surface area contributed by atoms with Gasteiger partial charge in [-0.3, -0.25) is 0 Å². The Morgan fingerprint density at radius 1 is 1.25 bits per heavy atom. The summed E-state index contributed by atoms with van der Waals surface area (Å²) in [5.74, 6) is 0.300. The molecule has 1 aliphatic rings. The molecule has 0 aromatic heterocycles. The maximum Gasteiger partial charge on any atom is 0.214 e. The van der Waals surface area contributed by atoms with E-state index in [1.54, 1.807) is 4.31 Å². The maximum absolute atomic E-state index is 11.5. The average molecular weight is 240 g/mol. The molecule has 0 radical (unpaired) electrons. The van der Waals surface area contributed by atoms with E-state index in [0.29, 0.717) is 18.8 Å². The summed E-state index contributed by atoms with van der Waals surface area (Å²) in [6, 6.07) is 7.57. The van der Waals surface area contributed by atoms with Crippen molar-refractivity contribution in [2.75, 3.05) is 24.6 Å². The summed E-state index contributed by atoms with van der Waals surface area (Å²) in [6.07, 6.45) is 1.50. The fourth-order valence-electron chi connectivity index (χ4n) is 1.88. The number of nitrogens with two attached hydrogens (primary N) is 1. The normalized spacial score (nSPS) is 20.0. The molecule has 1 aromatic rings. The molecule has 16 heavy (non-hydrogen) atoms. The molecular formula is C11H16N2O2S. The molecule has 1 aromatic carbocycles. The van der Waals surface area contributed by atoms with Crippen molar-refractivity contribution in [3.63, 3.8) is 0 Å². The quantitative estimate of drug-likeness (QED) is 0.797. The van der Waals surface area contributed by atoms with Crippen LogP contribution in [0.25, 0.3) is 0 Å². The first kappa shape index (κ1) is 11.4. The summed E-state index contributed by atoms with van der Waals surface area (Å²) in [5, 5.41) is 0. The van der Waals surface area contributed by atoms with Crippen molar-refractivity contribution in [2.24, 2.45) is 0 Å². The number of anilines is 1. The molecule has 4 nitrogen and oxygen atoms in total. The molecule has 1 saturated heterocycles. The van der Waals surface area contributed by atoms with Crippen LogP contribution in [0, 0.1) is 0 Å². The molecule has 0 amide bonds. The van der Waals surface area contributed by atoms with Crippen molar-refractivity contribution in [3.05, 3.63) is 29.8 Å². The second-order valence-corrected chi connectivity index (χ2v) is 6.15.